The smallest absolute Gasteiger partial charge is 0.264 e. The SMILES string of the molecule is CC(C)OCCCNC(=O)c1cccc(N(C)S(=O)(=O)c2ccccc2)c1. The second kappa shape index (κ2) is 9.53. The molecule has 1 amide bonds. The van der Waals surface area contributed by atoms with Crippen molar-refractivity contribution in [3.05, 3.63) is 60.2 Å². The molecule has 2 aromatic rings. The molecule has 27 heavy (non-hydrogen) atoms. The Morgan fingerprint density at radius 3 is 2.48 bits per heavy atom. The number of hydrogen-bond acceptors (Lipinski definition) is 4. The fraction of sp³-hybridized carbons (Fsp3) is 0.350. The molecule has 0 spiro atoms. The topological polar surface area (TPSA) is 75.7 Å². The van der Waals surface area contributed by atoms with E-state index in [9.17, 15) is 13.2 Å². The Labute approximate surface area is 161 Å². The van der Waals surface area contributed by atoms with E-state index in [1.54, 1.807) is 54.6 Å². The lowest BCUT2D eigenvalue weighted by Crippen LogP contribution is -2.28. The highest BCUT2D eigenvalue weighted by Gasteiger charge is 2.21. The monoisotopic (exact) mass is 390 g/mol. The van der Waals surface area contributed by atoms with Crippen LogP contribution in [0.2, 0.25) is 0 Å². The van der Waals surface area contributed by atoms with E-state index in [4.69, 9.17) is 4.74 Å². The highest BCUT2D eigenvalue weighted by Crippen LogP contribution is 2.22. The van der Waals surface area contributed by atoms with Crippen molar-refractivity contribution in [1.29, 1.82) is 0 Å². The molecule has 0 aliphatic carbocycles. The van der Waals surface area contributed by atoms with Crippen LogP contribution in [0.3, 0.4) is 0 Å². The predicted octanol–water partition coefficient (Wildman–Crippen LogP) is 3.06. The maximum atomic E-state index is 12.7. The Balaban J connectivity index is 2.05. The first kappa shape index (κ1) is 20.9. The summed E-state index contributed by atoms with van der Waals surface area (Å²) in [6.45, 7) is 5.00. The van der Waals surface area contributed by atoms with Crippen molar-refractivity contribution in [1.82, 2.24) is 5.32 Å². The van der Waals surface area contributed by atoms with Crippen LogP contribution in [-0.2, 0) is 14.8 Å². The molecule has 0 saturated heterocycles. The number of nitrogens with zero attached hydrogens (tertiary/aromatic N) is 1. The van der Waals surface area contributed by atoms with Gasteiger partial charge in [-0.25, -0.2) is 8.42 Å². The van der Waals surface area contributed by atoms with E-state index in [0.717, 1.165) is 0 Å². The van der Waals surface area contributed by atoms with E-state index < -0.39 is 10.0 Å². The van der Waals surface area contributed by atoms with Crippen LogP contribution in [0.5, 0.6) is 0 Å². The second-order valence-electron chi connectivity index (χ2n) is 6.36. The molecule has 0 aliphatic heterocycles. The van der Waals surface area contributed by atoms with Gasteiger partial charge in [-0.15, -0.1) is 0 Å². The molecule has 0 heterocycles. The van der Waals surface area contributed by atoms with Crippen molar-refractivity contribution in [3.63, 3.8) is 0 Å². The molecule has 0 aromatic heterocycles. The van der Waals surface area contributed by atoms with Crippen molar-refractivity contribution in [2.24, 2.45) is 0 Å². The highest BCUT2D eigenvalue weighted by atomic mass is 32.2. The summed E-state index contributed by atoms with van der Waals surface area (Å²) in [5, 5.41) is 2.82. The zero-order valence-electron chi connectivity index (χ0n) is 15.9. The van der Waals surface area contributed by atoms with Gasteiger partial charge in [0.1, 0.15) is 0 Å². The third kappa shape index (κ3) is 5.80. The molecule has 6 nitrogen and oxygen atoms in total. The maximum absolute atomic E-state index is 12.7. The van der Waals surface area contributed by atoms with Crippen LogP contribution in [-0.4, -0.2) is 40.6 Å². The van der Waals surface area contributed by atoms with Crippen LogP contribution < -0.4 is 9.62 Å². The number of nitrogens with one attached hydrogen (secondary N) is 1. The number of amides is 1. The molecular formula is C20H26N2O4S. The van der Waals surface area contributed by atoms with E-state index in [-0.39, 0.29) is 16.9 Å². The van der Waals surface area contributed by atoms with Gasteiger partial charge >= 0.3 is 0 Å². The summed E-state index contributed by atoms with van der Waals surface area (Å²) in [6.07, 6.45) is 0.880. The van der Waals surface area contributed by atoms with Gasteiger partial charge in [-0.1, -0.05) is 24.3 Å². The van der Waals surface area contributed by atoms with Gasteiger partial charge in [0.2, 0.25) is 0 Å². The van der Waals surface area contributed by atoms with Crippen LogP contribution in [0.25, 0.3) is 0 Å². The van der Waals surface area contributed by atoms with Gasteiger partial charge in [0.05, 0.1) is 16.7 Å². The number of benzene rings is 2. The normalized spacial score (nSPS) is 11.4. The number of carbonyl (C=O) groups excluding carboxylic acids is 1. The Kier molecular flexibility index (Phi) is 7.38. The molecule has 2 rings (SSSR count). The van der Waals surface area contributed by atoms with E-state index in [1.807, 2.05) is 13.8 Å². The first-order chi connectivity index (χ1) is 12.8. The first-order valence-corrected chi connectivity index (χ1v) is 10.3. The van der Waals surface area contributed by atoms with Crippen LogP contribution in [0, 0.1) is 0 Å². The van der Waals surface area contributed by atoms with E-state index in [0.29, 0.717) is 30.8 Å². The summed E-state index contributed by atoms with van der Waals surface area (Å²) in [6, 6.07) is 14.8. The molecule has 0 radical (unpaired) electrons. The molecule has 0 bridgehead atoms. The van der Waals surface area contributed by atoms with Crippen molar-refractivity contribution in [3.8, 4) is 0 Å². The van der Waals surface area contributed by atoms with Gasteiger partial charge in [0, 0.05) is 25.8 Å². The summed E-state index contributed by atoms with van der Waals surface area (Å²) in [7, 11) is -2.21. The number of rotatable bonds is 9. The maximum Gasteiger partial charge on any atom is 0.264 e. The lowest BCUT2D eigenvalue weighted by molar-refractivity contribution is 0.0757. The quantitative estimate of drug-likeness (QED) is 0.668. The highest BCUT2D eigenvalue weighted by molar-refractivity contribution is 7.92. The first-order valence-electron chi connectivity index (χ1n) is 8.86. The third-order valence-electron chi connectivity index (χ3n) is 3.93. The molecule has 0 unspecified atom stereocenters. The van der Waals surface area contributed by atoms with Gasteiger partial charge in [-0.2, -0.15) is 0 Å². The molecule has 0 atom stereocenters. The van der Waals surface area contributed by atoms with Gasteiger partial charge in [0.15, 0.2) is 0 Å². The minimum Gasteiger partial charge on any atom is -0.379 e. The molecular weight excluding hydrogens is 364 g/mol. The summed E-state index contributed by atoms with van der Waals surface area (Å²) in [5.74, 6) is -0.244. The number of sulfonamides is 1. The predicted molar refractivity (Wildman–Crippen MR) is 107 cm³/mol. The van der Waals surface area contributed by atoms with Crippen molar-refractivity contribution >= 4 is 21.6 Å². The number of ether oxygens (including phenoxy) is 1. The molecule has 0 fully saturated rings. The summed E-state index contributed by atoms with van der Waals surface area (Å²) in [4.78, 5) is 12.5. The van der Waals surface area contributed by atoms with Crippen molar-refractivity contribution < 1.29 is 17.9 Å². The number of carbonyl (C=O) groups is 1. The van der Waals surface area contributed by atoms with Crippen LogP contribution in [0.15, 0.2) is 59.5 Å². The minimum absolute atomic E-state index is 0.166. The zero-order chi connectivity index (χ0) is 19.9. The fourth-order valence-electron chi connectivity index (χ4n) is 2.43. The summed E-state index contributed by atoms with van der Waals surface area (Å²) in [5.41, 5.74) is 0.835. The Hall–Kier alpha value is -2.38. The van der Waals surface area contributed by atoms with E-state index in [2.05, 4.69) is 5.32 Å². The lowest BCUT2D eigenvalue weighted by atomic mass is 10.2. The minimum atomic E-state index is -3.68. The van der Waals surface area contributed by atoms with Crippen LogP contribution in [0.1, 0.15) is 30.6 Å². The lowest BCUT2D eigenvalue weighted by Gasteiger charge is -2.20. The standard InChI is InChI=1S/C20H26N2O4S/c1-16(2)26-14-8-13-21-20(23)17-9-7-10-18(15-17)22(3)27(24,25)19-11-5-4-6-12-19/h4-7,9-12,15-16H,8,13-14H2,1-3H3,(H,21,23). The average molecular weight is 391 g/mol. The average Bonchev–Trinajstić information content (AvgIpc) is 2.67. The Morgan fingerprint density at radius 2 is 1.81 bits per heavy atom. The van der Waals surface area contributed by atoms with Gasteiger partial charge < -0.3 is 10.1 Å². The van der Waals surface area contributed by atoms with Crippen molar-refractivity contribution in [2.45, 2.75) is 31.3 Å². The van der Waals surface area contributed by atoms with Gasteiger partial charge in [0.25, 0.3) is 15.9 Å². The molecule has 0 saturated carbocycles. The Bertz CT molecular complexity index is 851. The summed E-state index contributed by atoms with van der Waals surface area (Å²) >= 11 is 0. The largest absolute Gasteiger partial charge is 0.379 e. The molecule has 0 aliphatic rings. The van der Waals surface area contributed by atoms with E-state index in [1.165, 1.54) is 11.4 Å². The van der Waals surface area contributed by atoms with Gasteiger partial charge in [-0.3, -0.25) is 9.10 Å². The molecule has 1 N–H and O–H groups in total. The van der Waals surface area contributed by atoms with Crippen LogP contribution in [0.4, 0.5) is 5.69 Å². The second-order valence-corrected chi connectivity index (χ2v) is 8.33. The Morgan fingerprint density at radius 1 is 1.11 bits per heavy atom. The van der Waals surface area contributed by atoms with Crippen LogP contribution >= 0.6 is 0 Å². The van der Waals surface area contributed by atoms with Crippen molar-refractivity contribution in [2.75, 3.05) is 24.5 Å². The summed E-state index contributed by atoms with van der Waals surface area (Å²) < 4.78 is 32.1. The number of hydrogen-bond donors (Lipinski definition) is 1. The zero-order valence-corrected chi connectivity index (χ0v) is 16.7. The number of anilines is 1. The third-order valence-corrected chi connectivity index (χ3v) is 5.73. The molecule has 7 heteroatoms. The van der Waals surface area contributed by atoms with Gasteiger partial charge in [-0.05, 0) is 50.6 Å². The van der Waals surface area contributed by atoms with E-state index >= 15 is 0 Å². The fourth-order valence-corrected chi connectivity index (χ4v) is 3.64. The molecule has 2 aromatic carbocycles. The molecule has 146 valence electrons.